The Morgan fingerprint density at radius 2 is 1.61 bits per heavy atom. The maximum absolute atomic E-state index is 13.4. The van der Waals surface area contributed by atoms with Gasteiger partial charge in [0.25, 0.3) is 0 Å². The quantitative estimate of drug-likeness (QED) is 0.709. The van der Waals surface area contributed by atoms with Crippen molar-refractivity contribution in [2.24, 2.45) is 0 Å². The number of methoxy groups -OCH3 is 3. The van der Waals surface area contributed by atoms with Gasteiger partial charge in [0.2, 0.25) is 5.91 Å². The molecule has 162 valence electrons. The van der Waals surface area contributed by atoms with Gasteiger partial charge in [-0.3, -0.25) is 14.5 Å². The smallest absolute Gasteiger partial charge is 0.232 e. The summed E-state index contributed by atoms with van der Waals surface area (Å²) in [6.45, 7) is 2.00. The summed E-state index contributed by atoms with van der Waals surface area (Å²) in [5.74, 6) is 1.33. The molecule has 0 spiro atoms. The van der Waals surface area contributed by atoms with Gasteiger partial charge < -0.3 is 14.2 Å². The number of carbonyl (C=O) groups is 2. The average molecular weight is 421 g/mol. The number of amides is 1. The molecule has 0 fully saturated rings. The molecule has 0 saturated heterocycles. The van der Waals surface area contributed by atoms with Crippen LogP contribution in [0.5, 0.6) is 17.2 Å². The number of allylic oxidation sites excluding steroid dienone is 2. The largest absolute Gasteiger partial charge is 0.496 e. The van der Waals surface area contributed by atoms with Crippen LogP contribution in [0.1, 0.15) is 42.7 Å². The van der Waals surface area contributed by atoms with Crippen molar-refractivity contribution in [3.8, 4) is 17.2 Å². The second-order valence-electron chi connectivity index (χ2n) is 7.91. The van der Waals surface area contributed by atoms with Gasteiger partial charge in [-0.1, -0.05) is 12.1 Å². The maximum atomic E-state index is 13.4. The highest BCUT2D eigenvalue weighted by Gasteiger charge is 2.41. The number of benzene rings is 2. The van der Waals surface area contributed by atoms with Crippen molar-refractivity contribution >= 4 is 17.4 Å². The van der Waals surface area contributed by atoms with Crippen LogP contribution >= 0.6 is 0 Å². The Hall–Kier alpha value is -3.28. The molecule has 2 aromatic rings. The highest BCUT2D eigenvalue weighted by molar-refractivity contribution is 6.07. The standard InChI is InChI=1S/C25H27NO5/c1-15-7-5-8-16(11-15)26-19-9-6-10-20(27)25(19)18(13-24(26)28)17-12-22(30-3)23(31-4)14-21(17)29-2/h5,7-8,11-12,14,18H,6,9-10,13H2,1-4H3/t18-/m1/s1. The monoisotopic (exact) mass is 421 g/mol. The molecule has 1 aliphatic heterocycles. The Labute approximate surface area is 182 Å². The number of carbonyl (C=O) groups excluding carboxylic acids is 2. The lowest BCUT2D eigenvalue weighted by atomic mass is 9.76. The molecule has 0 radical (unpaired) electrons. The molecule has 0 unspecified atom stereocenters. The SMILES string of the molecule is COc1cc(OC)c([C@H]2CC(=O)N(c3cccc(C)c3)C3=C2C(=O)CCC3)cc1OC. The van der Waals surface area contributed by atoms with Crippen molar-refractivity contribution in [3.63, 3.8) is 0 Å². The summed E-state index contributed by atoms with van der Waals surface area (Å²) in [6, 6.07) is 11.4. The molecule has 0 bridgehead atoms. The van der Waals surface area contributed by atoms with E-state index in [2.05, 4.69) is 0 Å². The van der Waals surface area contributed by atoms with Crippen LogP contribution in [-0.2, 0) is 9.59 Å². The Balaban J connectivity index is 1.90. The lowest BCUT2D eigenvalue weighted by Gasteiger charge is -2.38. The number of nitrogens with zero attached hydrogens (tertiary/aromatic N) is 1. The molecule has 2 aliphatic rings. The van der Waals surface area contributed by atoms with Gasteiger partial charge in [-0.15, -0.1) is 0 Å². The average Bonchev–Trinajstić information content (AvgIpc) is 2.77. The first kappa shape index (κ1) is 21.0. The number of aryl methyl sites for hydroxylation is 1. The zero-order valence-corrected chi connectivity index (χ0v) is 18.4. The van der Waals surface area contributed by atoms with E-state index in [1.54, 1.807) is 32.3 Å². The number of ether oxygens (including phenoxy) is 3. The fourth-order valence-corrected chi connectivity index (χ4v) is 4.65. The first-order valence-corrected chi connectivity index (χ1v) is 10.4. The van der Waals surface area contributed by atoms with E-state index >= 15 is 0 Å². The predicted molar refractivity (Wildman–Crippen MR) is 118 cm³/mol. The topological polar surface area (TPSA) is 65.1 Å². The van der Waals surface area contributed by atoms with Crippen LogP contribution in [-0.4, -0.2) is 33.0 Å². The molecule has 0 saturated carbocycles. The molecule has 0 aromatic heterocycles. The normalized spacial score (nSPS) is 18.7. The highest BCUT2D eigenvalue weighted by atomic mass is 16.5. The Morgan fingerprint density at radius 1 is 0.903 bits per heavy atom. The minimum atomic E-state index is -0.383. The van der Waals surface area contributed by atoms with Crippen molar-refractivity contribution in [3.05, 3.63) is 58.8 Å². The van der Waals surface area contributed by atoms with Gasteiger partial charge in [-0.05, 0) is 43.5 Å². The van der Waals surface area contributed by atoms with Gasteiger partial charge in [0.15, 0.2) is 17.3 Å². The number of Topliss-reactive ketones (excluding diaryl/α,β-unsaturated/α-hetero) is 1. The zero-order chi connectivity index (χ0) is 22.1. The maximum Gasteiger partial charge on any atom is 0.232 e. The van der Waals surface area contributed by atoms with E-state index in [0.717, 1.165) is 28.9 Å². The van der Waals surface area contributed by atoms with E-state index in [1.807, 2.05) is 37.3 Å². The Bertz CT molecular complexity index is 1070. The van der Waals surface area contributed by atoms with E-state index in [4.69, 9.17) is 14.2 Å². The zero-order valence-electron chi connectivity index (χ0n) is 18.4. The Kier molecular flexibility index (Phi) is 5.72. The summed E-state index contributed by atoms with van der Waals surface area (Å²) < 4.78 is 16.5. The van der Waals surface area contributed by atoms with Gasteiger partial charge in [0, 0.05) is 47.3 Å². The fraction of sp³-hybridized carbons (Fsp3) is 0.360. The molecule has 2 aromatic carbocycles. The molecular formula is C25H27NO5. The first-order chi connectivity index (χ1) is 15.0. The minimum Gasteiger partial charge on any atom is -0.496 e. The second kappa shape index (κ2) is 8.46. The van der Waals surface area contributed by atoms with Gasteiger partial charge in [0.1, 0.15) is 5.75 Å². The minimum absolute atomic E-state index is 0.0270. The second-order valence-corrected chi connectivity index (χ2v) is 7.91. The summed E-state index contributed by atoms with van der Waals surface area (Å²) >= 11 is 0. The molecule has 31 heavy (non-hydrogen) atoms. The molecule has 6 heteroatoms. The predicted octanol–water partition coefficient (Wildman–Crippen LogP) is 4.55. The molecule has 1 atom stereocenters. The summed E-state index contributed by atoms with van der Waals surface area (Å²) in [6.07, 6.45) is 2.10. The third-order valence-corrected chi connectivity index (χ3v) is 6.05. The molecule has 4 rings (SSSR count). The number of hydrogen-bond acceptors (Lipinski definition) is 5. The van der Waals surface area contributed by atoms with Crippen molar-refractivity contribution < 1.29 is 23.8 Å². The van der Waals surface area contributed by atoms with Crippen LogP contribution in [0.15, 0.2) is 47.7 Å². The number of hydrogen-bond donors (Lipinski definition) is 0. The molecular weight excluding hydrogens is 394 g/mol. The fourth-order valence-electron chi connectivity index (χ4n) is 4.65. The van der Waals surface area contributed by atoms with E-state index < -0.39 is 0 Å². The number of anilines is 1. The molecule has 1 amide bonds. The van der Waals surface area contributed by atoms with Crippen LogP contribution in [0.3, 0.4) is 0 Å². The van der Waals surface area contributed by atoms with Gasteiger partial charge in [-0.25, -0.2) is 0 Å². The summed E-state index contributed by atoms with van der Waals surface area (Å²) in [5, 5.41) is 0. The third kappa shape index (κ3) is 3.67. The van der Waals surface area contributed by atoms with Crippen LogP contribution in [0.2, 0.25) is 0 Å². The van der Waals surface area contributed by atoms with E-state index in [-0.39, 0.29) is 24.0 Å². The highest BCUT2D eigenvalue weighted by Crippen LogP contribution is 2.48. The van der Waals surface area contributed by atoms with E-state index in [0.29, 0.717) is 35.7 Å². The van der Waals surface area contributed by atoms with E-state index in [9.17, 15) is 9.59 Å². The lowest BCUT2D eigenvalue weighted by Crippen LogP contribution is -2.40. The molecule has 1 aliphatic carbocycles. The molecule has 6 nitrogen and oxygen atoms in total. The van der Waals surface area contributed by atoms with Crippen LogP contribution < -0.4 is 19.1 Å². The number of rotatable bonds is 5. The first-order valence-electron chi connectivity index (χ1n) is 10.4. The summed E-state index contributed by atoms with van der Waals surface area (Å²) in [4.78, 5) is 28.3. The van der Waals surface area contributed by atoms with Gasteiger partial charge in [0.05, 0.1) is 21.3 Å². The van der Waals surface area contributed by atoms with Gasteiger partial charge in [-0.2, -0.15) is 0 Å². The van der Waals surface area contributed by atoms with Crippen molar-refractivity contribution in [2.45, 2.75) is 38.5 Å². The van der Waals surface area contributed by atoms with Crippen LogP contribution in [0, 0.1) is 6.92 Å². The van der Waals surface area contributed by atoms with Gasteiger partial charge >= 0.3 is 0 Å². The van der Waals surface area contributed by atoms with Crippen LogP contribution in [0.4, 0.5) is 5.69 Å². The Morgan fingerprint density at radius 3 is 2.29 bits per heavy atom. The third-order valence-electron chi connectivity index (χ3n) is 6.05. The lowest BCUT2D eigenvalue weighted by molar-refractivity contribution is -0.119. The molecule has 1 heterocycles. The van der Waals surface area contributed by atoms with Crippen molar-refractivity contribution in [1.29, 1.82) is 0 Å². The number of ketones is 1. The van der Waals surface area contributed by atoms with Crippen molar-refractivity contribution in [2.75, 3.05) is 26.2 Å². The summed E-state index contributed by atoms with van der Waals surface area (Å²) in [5.41, 5.74) is 4.15. The van der Waals surface area contributed by atoms with Crippen molar-refractivity contribution in [1.82, 2.24) is 0 Å². The van der Waals surface area contributed by atoms with Crippen LogP contribution in [0.25, 0.3) is 0 Å². The summed E-state index contributed by atoms with van der Waals surface area (Å²) in [7, 11) is 4.70. The molecule has 0 N–H and O–H groups in total. The van der Waals surface area contributed by atoms with E-state index in [1.165, 1.54) is 0 Å².